The number of likely N-dealkylation sites (N-methyl/N-ethyl adjacent to an activating group) is 1. The highest BCUT2D eigenvalue weighted by Crippen LogP contribution is 2.16. The maximum atomic E-state index is 12.1. The Labute approximate surface area is 116 Å². The Kier molecular flexibility index (Phi) is 6.36. The van der Waals surface area contributed by atoms with E-state index >= 15 is 0 Å². The molecule has 1 amide bonds. The normalized spacial score (nSPS) is 10.6. The van der Waals surface area contributed by atoms with Gasteiger partial charge in [-0.2, -0.15) is 0 Å². The SMILES string of the molecule is CCN(CC)CCNC(=O)c1ccc(C)cc1NC. The lowest BCUT2D eigenvalue weighted by Crippen LogP contribution is -2.35. The predicted molar refractivity (Wildman–Crippen MR) is 80.8 cm³/mol. The fraction of sp³-hybridized carbons (Fsp3) is 0.533. The van der Waals surface area contributed by atoms with E-state index in [0.29, 0.717) is 12.1 Å². The van der Waals surface area contributed by atoms with Crippen LogP contribution in [0, 0.1) is 6.92 Å². The zero-order valence-corrected chi connectivity index (χ0v) is 12.4. The fourth-order valence-electron chi connectivity index (χ4n) is 2.03. The Balaban J connectivity index is 2.58. The molecule has 0 radical (unpaired) electrons. The van der Waals surface area contributed by atoms with E-state index in [1.54, 1.807) is 0 Å². The van der Waals surface area contributed by atoms with Crippen molar-refractivity contribution in [3.8, 4) is 0 Å². The Hall–Kier alpha value is -1.55. The van der Waals surface area contributed by atoms with Gasteiger partial charge in [-0.05, 0) is 37.7 Å². The predicted octanol–water partition coefficient (Wildman–Crippen LogP) is 2.11. The Morgan fingerprint density at radius 3 is 2.53 bits per heavy atom. The lowest BCUT2D eigenvalue weighted by atomic mass is 10.1. The van der Waals surface area contributed by atoms with Crippen LogP contribution in [0.2, 0.25) is 0 Å². The summed E-state index contributed by atoms with van der Waals surface area (Å²) >= 11 is 0. The molecule has 0 fully saturated rings. The minimum Gasteiger partial charge on any atom is -0.387 e. The third-order valence-electron chi connectivity index (χ3n) is 3.30. The molecule has 0 aromatic heterocycles. The summed E-state index contributed by atoms with van der Waals surface area (Å²) in [5.74, 6) is -0.0171. The molecular formula is C15H25N3O. The van der Waals surface area contributed by atoms with Crippen LogP contribution in [0.5, 0.6) is 0 Å². The van der Waals surface area contributed by atoms with E-state index in [0.717, 1.165) is 30.9 Å². The van der Waals surface area contributed by atoms with Gasteiger partial charge in [0.2, 0.25) is 0 Å². The zero-order chi connectivity index (χ0) is 14.3. The van der Waals surface area contributed by atoms with Crippen molar-refractivity contribution in [3.63, 3.8) is 0 Å². The van der Waals surface area contributed by atoms with Crippen LogP contribution in [-0.2, 0) is 0 Å². The highest BCUT2D eigenvalue weighted by Gasteiger charge is 2.10. The number of amides is 1. The molecule has 2 N–H and O–H groups in total. The Morgan fingerprint density at radius 1 is 1.26 bits per heavy atom. The van der Waals surface area contributed by atoms with Crippen LogP contribution in [0.25, 0.3) is 0 Å². The van der Waals surface area contributed by atoms with Crippen LogP contribution >= 0.6 is 0 Å². The largest absolute Gasteiger partial charge is 0.387 e. The molecule has 0 aliphatic rings. The van der Waals surface area contributed by atoms with Crippen LogP contribution in [-0.4, -0.2) is 44.0 Å². The topological polar surface area (TPSA) is 44.4 Å². The van der Waals surface area contributed by atoms with Crippen molar-refractivity contribution in [2.24, 2.45) is 0 Å². The van der Waals surface area contributed by atoms with E-state index in [9.17, 15) is 4.79 Å². The number of hydrogen-bond acceptors (Lipinski definition) is 3. The summed E-state index contributed by atoms with van der Waals surface area (Å²) in [6, 6.07) is 5.81. The number of aryl methyl sites for hydroxylation is 1. The molecule has 1 aromatic carbocycles. The van der Waals surface area contributed by atoms with Gasteiger partial charge in [-0.3, -0.25) is 4.79 Å². The Morgan fingerprint density at radius 2 is 1.95 bits per heavy atom. The van der Waals surface area contributed by atoms with Crippen LogP contribution < -0.4 is 10.6 Å². The molecule has 0 unspecified atom stereocenters. The fourth-order valence-corrected chi connectivity index (χ4v) is 2.03. The monoisotopic (exact) mass is 263 g/mol. The zero-order valence-electron chi connectivity index (χ0n) is 12.4. The summed E-state index contributed by atoms with van der Waals surface area (Å²) in [6.45, 7) is 9.87. The molecular weight excluding hydrogens is 238 g/mol. The smallest absolute Gasteiger partial charge is 0.253 e. The van der Waals surface area contributed by atoms with Gasteiger partial charge >= 0.3 is 0 Å². The van der Waals surface area contributed by atoms with E-state index in [-0.39, 0.29) is 5.91 Å². The average molecular weight is 263 g/mol. The molecule has 0 aliphatic heterocycles. The van der Waals surface area contributed by atoms with E-state index < -0.39 is 0 Å². The van der Waals surface area contributed by atoms with E-state index in [1.165, 1.54) is 0 Å². The van der Waals surface area contributed by atoms with Crippen LogP contribution in [0.15, 0.2) is 18.2 Å². The molecule has 19 heavy (non-hydrogen) atoms. The second kappa shape index (κ2) is 7.79. The number of carbonyl (C=O) groups is 1. The van der Waals surface area contributed by atoms with Gasteiger partial charge in [-0.15, -0.1) is 0 Å². The molecule has 4 heteroatoms. The summed E-state index contributed by atoms with van der Waals surface area (Å²) in [5.41, 5.74) is 2.72. The Bertz CT molecular complexity index is 414. The molecule has 0 heterocycles. The third kappa shape index (κ3) is 4.56. The highest BCUT2D eigenvalue weighted by atomic mass is 16.1. The first-order chi connectivity index (χ1) is 9.12. The lowest BCUT2D eigenvalue weighted by molar-refractivity contribution is 0.0949. The van der Waals surface area contributed by atoms with Gasteiger partial charge in [0.05, 0.1) is 5.56 Å². The maximum absolute atomic E-state index is 12.1. The second-order valence-electron chi connectivity index (χ2n) is 4.58. The van der Waals surface area contributed by atoms with Crippen molar-refractivity contribution >= 4 is 11.6 Å². The first-order valence-corrected chi connectivity index (χ1v) is 6.91. The maximum Gasteiger partial charge on any atom is 0.253 e. The number of anilines is 1. The molecule has 0 aliphatic carbocycles. The third-order valence-corrected chi connectivity index (χ3v) is 3.30. The standard InChI is InChI=1S/C15H25N3O/c1-5-18(6-2)10-9-17-15(19)13-8-7-12(3)11-14(13)16-4/h7-8,11,16H,5-6,9-10H2,1-4H3,(H,17,19). The van der Waals surface area contributed by atoms with Gasteiger partial charge in [0.15, 0.2) is 0 Å². The van der Waals surface area contributed by atoms with E-state index in [2.05, 4.69) is 29.4 Å². The summed E-state index contributed by atoms with van der Waals surface area (Å²) in [6.07, 6.45) is 0. The summed E-state index contributed by atoms with van der Waals surface area (Å²) in [5, 5.41) is 6.04. The molecule has 1 rings (SSSR count). The number of carbonyl (C=O) groups excluding carboxylic acids is 1. The van der Waals surface area contributed by atoms with Crippen molar-refractivity contribution in [3.05, 3.63) is 29.3 Å². The molecule has 0 spiro atoms. The van der Waals surface area contributed by atoms with Gasteiger partial charge in [0, 0.05) is 25.8 Å². The van der Waals surface area contributed by atoms with E-state index in [1.807, 2.05) is 32.2 Å². The second-order valence-corrected chi connectivity index (χ2v) is 4.58. The highest BCUT2D eigenvalue weighted by molar-refractivity contribution is 5.99. The van der Waals surface area contributed by atoms with Crippen molar-refractivity contribution in [1.29, 1.82) is 0 Å². The number of hydrogen-bond donors (Lipinski definition) is 2. The van der Waals surface area contributed by atoms with Gasteiger partial charge in [0.25, 0.3) is 5.91 Å². The van der Waals surface area contributed by atoms with Crippen molar-refractivity contribution in [2.75, 3.05) is 38.5 Å². The van der Waals surface area contributed by atoms with Gasteiger partial charge in [0.1, 0.15) is 0 Å². The van der Waals surface area contributed by atoms with E-state index in [4.69, 9.17) is 0 Å². The molecule has 0 atom stereocenters. The summed E-state index contributed by atoms with van der Waals surface area (Å²) in [4.78, 5) is 14.4. The number of benzene rings is 1. The van der Waals surface area contributed by atoms with Crippen molar-refractivity contribution < 1.29 is 4.79 Å². The molecule has 0 saturated carbocycles. The van der Waals surface area contributed by atoms with Gasteiger partial charge in [-0.1, -0.05) is 19.9 Å². The first kappa shape index (κ1) is 15.5. The number of nitrogens with one attached hydrogen (secondary N) is 2. The first-order valence-electron chi connectivity index (χ1n) is 6.91. The average Bonchev–Trinajstić information content (AvgIpc) is 2.43. The molecule has 0 bridgehead atoms. The molecule has 0 saturated heterocycles. The number of rotatable bonds is 7. The molecule has 1 aromatic rings. The molecule has 4 nitrogen and oxygen atoms in total. The summed E-state index contributed by atoms with van der Waals surface area (Å²) < 4.78 is 0. The van der Waals surface area contributed by atoms with Gasteiger partial charge in [-0.25, -0.2) is 0 Å². The van der Waals surface area contributed by atoms with Gasteiger partial charge < -0.3 is 15.5 Å². The molecule has 106 valence electrons. The van der Waals surface area contributed by atoms with Crippen molar-refractivity contribution in [2.45, 2.75) is 20.8 Å². The quantitative estimate of drug-likeness (QED) is 0.792. The van der Waals surface area contributed by atoms with Crippen molar-refractivity contribution in [1.82, 2.24) is 10.2 Å². The minimum atomic E-state index is -0.0171. The van der Waals surface area contributed by atoms with Crippen LogP contribution in [0.1, 0.15) is 29.8 Å². The van der Waals surface area contributed by atoms with Crippen LogP contribution in [0.3, 0.4) is 0 Å². The summed E-state index contributed by atoms with van der Waals surface area (Å²) in [7, 11) is 1.83. The van der Waals surface area contributed by atoms with Crippen LogP contribution in [0.4, 0.5) is 5.69 Å². The lowest BCUT2D eigenvalue weighted by Gasteiger charge is -2.18. The number of nitrogens with zero attached hydrogens (tertiary/aromatic N) is 1. The minimum absolute atomic E-state index is 0.0171.